The molecule has 3 rings (SSSR count). The molecule has 80 valence electrons. The zero-order valence-electron chi connectivity index (χ0n) is 9.09. The van der Waals surface area contributed by atoms with Crippen molar-refractivity contribution in [1.82, 2.24) is 4.98 Å². The van der Waals surface area contributed by atoms with Crippen LogP contribution in [-0.4, -0.2) is 4.98 Å². The summed E-state index contributed by atoms with van der Waals surface area (Å²) < 4.78 is 0. The highest BCUT2D eigenvalue weighted by Gasteiger charge is 2.31. The molecule has 0 spiro atoms. The van der Waals surface area contributed by atoms with E-state index >= 15 is 0 Å². The van der Waals surface area contributed by atoms with Gasteiger partial charge in [0.05, 0.1) is 0 Å². The Hall–Kier alpha value is -0.560. The van der Waals surface area contributed by atoms with Gasteiger partial charge in [-0.2, -0.15) is 0 Å². The second-order valence-corrected chi connectivity index (χ2v) is 5.15. The van der Waals surface area contributed by atoms with E-state index in [9.17, 15) is 0 Å². The SMILES string of the molecule is Cc1nc(C2CC2)cc(C2CC2)c1CCl. The monoisotopic (exact) mass is 221 g/mol. The fraction of sp³-hybridized carbons (Fsp3) is 0.615. The van der Waals surface area contributed by atoms with Crippen molar-refractivity contribution in [2.75, 3.05) is 0 Å². The summed E-state index contributed by atoms with van der Waals surface area (Å²) in [6.45, 7) is 2.11. The standard InChI is InChI=1S/C13H16ClN/c1-8-12(7-14)11(9-2-3-9)6-13(15-8)10-4-5-10/h6,9-10H,2-5,7H2,1H3. The van der Waals surface area contributed by atoms with Crippen LogP contribution in [0.2, 0.25) is 0 Å². The highest BCUT2D eigenvalue weighted by molar-refractivity contribution is 6.17. The average Bonchev–Trinajstić information content (AvgIpc) is 3.07. The molecule has 0 aromatic carbocycles. The predicted molar refractivity (Wildman–Crippen MR) is 62.5 cm³/mol. The van der Waals surface area contributed by atoms with Crippen LogP contribution >= 0.6 is 11.6 Å². The van der Waals surface area contributed by atoms with Crippen molar-refractivity contribution < 1.29 is 0 Å². The predicted octanol–water partition coefficient (Wildman–Crippen LogP) is 3.88. The molecule has 0 atom stereocenters. The van der Waals surface area contributed by atoms with Gasteiger partial charge in [0.15, 0.2) is 0 Å². The Labute approximate surface area is 95.9 Å². The molecule has 1 nitrogen and oxygen atoms in total. The van der Waals surface area contributed by atoms with E-state index in [-0.39, 0.29) is 0 Å². The van der Waals surface area contributed by atoms with Crippen molar-refractivity contribution in [2.24, 2.45) is 0 Å². The first-order chi connectivity index (χ1) is 7.29. The molecule has 2 aliphatic rings. The van der Waals surface area contributed by atoms with Crippen molar-refractivity contribution in [3.8, 4) is 0 Å². The third-order valence-electron chi connectivity index (χ3n) is 3.53. The highest BCUT2D eigenvalue weighted by Crippen LogP contribution is 2.46. The summed E-state index contributed by atoms with van der Waals surface area (Å²) >= 11 is 6.02. The van der Waals surface area contributed by atoms with Crippen molar-refractivity contribution in [3.05, 3.63) is 28.6 Å². The molecule has 1 heterocycles. The van der Waals surface area contributed by atoms with E-state index in [0.717, 1.165) is 17.5 Å². The van der Waals surface area contributed by atoms with Crippen LogP contribution < -0.4 is 0 Å². The summed E-state index contributed by atoms with van der Waals surface area (Å²) in [4.78, 5) is 4.69. The second kappa shape index (κ2) is 3.48. The summed E-state index contributed by atoms with van der Waals surface area (Å²) in [6.07, 6.45) is 5.35. The average molecular weight is 222 g/mol. The Balaban J connectivity index is 2.06. The molecule has 15 heavy (non-hydrogen) atoms. The van der Waals surface area contributed by atoms with Gasteiger partial charge in [0.25, 0.3) is 0 Å². The lowest BCUT2D eigenvalue weighted by molar-refractivity contribution is 0.940. The minimum atomic E-state index is 0.621. The number of aromatic nitrogens is 1. The summed E-state index contributed by atoms with van der Waals surface area (Å²) in [5, 5.41) is 0. The van der Waals surface area contributed by atoms with Gasteiger partial charge in [-0.15, -0.1) is 11.6 Å². The molecule has 0 amide bonds. The van der Waals surface area contributed by atoms with Crippen molar-refractivity contribution >= 4 is 11.6 Å². The number of pyridine rings is 1. The molecular weight excluding hydrogens is 206 g/mol. The Morgan fingerprint density at radius 1 is 1.27 bits per heavy atom. The fourth-order valence-electron chi connectivity index (χ4n) is 2.27. The molecule has 0 unspecified atom stereocenters. The van der Waals surface area contributed by atoms with Crippen LogP contribution in [0.1, 0.15) is 60.0 Å². The lowest BCUT2D eigenvalue weighted by atomic mass is 10.0. The number of nitrogens with zero attached hydrogens (tertiary/aromatic N) is 1. The Kier molecular flexibility index (Phi) is 2.24. The third kappa shape index (κ3) is 1.78. The molecule has 0 aliphatic heterocycles. The summed E-state index contributed by atoms with van der Waals surface area (Å²) in [5.74, 6) is 2.17. The van der Waals surface area contributed by atoms with Crippen LogP contribution in [-0.2, 0) is 5.88 Å². The van der Waals surface area contributed by atoms with Crippen molar-refractivity contribution in [2.45, 2.75) is 50.3 Å². The van der Waals surface area contributed by atoms with Gasteiger partial charge in [0.1, 0.15) is 0 Å². The van der Waals surface area contributed by atoms with Crippen molar-refractivity contribution in [1.29, 1.82) is 0 Å². The van der Waals surface area contributed by atoms with Gasteiger partial charge in [-0.25, -0.2) is 0 Å². The number of aryl methyl sites for hydroxylation is 1. The highest BCUT2D eigenvalue weighted by atomic mass is 35.5. The lowest BCUT2D eigenvalue weighted by Gasteiger charge is -2.11. The van der Waals surface area contributed by atoms with E-state index in [1.165, 1.54) is 42.5 Å². The van der Waals surface area contributed by atoms with Gasteiger partial charge >= 0.3 is 0 Å². The third-order valence-corrected chi connectivity index (χ3v) is 3.80. The fourth-order valence-corrected chi connectivity index (χ4v) is 2.62. The first-order valence-electron chi connectivity index (χ1n) is 5.86. The molecule has 0 N–H and O–H groups in total. The van der Waals surface area contributed by atoms with E-state index in [2.05, 4.69) is 13.0 Å². The maximum absolute atomic E-state index is 6.02. The second-order valence-electron chi connectivity index (χ2n) is 4.88. The number of alkyl halides is 1. The number of hydrogen-bond donors (Lipinski definition) is 0. The molecule has 2 aliphatic carbocycles. The Morgan fingerprint density at radius 2 is 1.93 bits per heavy atom. The van der Waals surface area contributed by atoms with Gasteiger partial charge in [0.2, 0.25) is 0 Å². The summed E-state index contributed by atoms with van der Waals surface area (Å²) in [7, 11) is 0. The Morgan fingerprint density at radius 3 is 2.47 bits per heavy atom. The molecule has 1 aromatic rings. The number of hydrogen-bond acceptors (Lipinski definition) is 1. The normalized spacial score (nSPS) is 20.7. The summed E-state index contributed by atoms with van der Waals surface area (Å²) in [5.41, 5.74) is 5.28. The van der Waals surface area contributed by atoms with Crippen LogP contribution in [0.25, 0.3) is 0 Å². The molecular formula is C13H16ClN. The van der Waals surface area contributed by atoms with Gasteiger partial charge in [-0.1, -0.05) is 0 Å². The zero-order chi connectivity index (χ0) is 10.4. The molecule has 0 saturated heterocycles. The molecule has 0 bridgehead atoms. The minimum Gasteiger partial charge on any atom is -0.258 e. The first-order valence-corrected chi connectivity index (χ1v) is 6.39. The topological polar surface area (TPSA) is 12.9 Å². The first kappa shape index (κ1) is 9.65. The quantitative estimate of drug-likeness (QED) is 0.706. The largest absolute Gasteiger partial charge is 0.258 e. The molecule has 0 radical (unpaired) electrons. The van der Waals surface area contributed by atoms with Gasteiger partial charge in [-0.3, -0.25) is 4.98 Å². The molecule has 2 heteroatoms. The van der Waals surface area contributed by atoms with Gasteiger partial charge < -0.3 is 0 Å². The van der Waals surface area contributed by atoms with Crippen molar-refractivity contribution in [3.63, 3.8) is 0 Å². The minimum absolute atomic E-state index is 0.621. The van der Waals surface area contributed by atoms with E-state index < -0.39 is 0 Å². The Bertz CT molecular complexity index is 392. The van der Waals surface area contributed by atoms with Crippen LogP contribution in [0.4, 0.5) is 0 Å². The summed E-state index contributed by atoms with van der Waals surface area (Å²) in [6, 6.07) is 2.33. The van der Waals surface area contributed by atoms with E-state index in [1.807, 2.05) is 0 Å². The van der Waals surface area contributed by atoms with E-state index in [4.69, 9.17) is 16.6 Å². The lowest BCUT2D eigenvalue weighted by Crippen LogP contribution is -2.00. The maximum Gasteiger partial charge on any atom is 0.0494 e. The van der Waals surface area contributed by atoms with E-state index in [1.54, 1.807) is 0 Å². The van der Waals surface area contributed by atoms with Crippen LogP contribution in [0.3, 0.4) is 0 Å². The van der Waals surface area contributed by atoms with E-state index in [0.29, 0.717) is 5.88 Å². The zero-order valence-corrected chi connectivity index (χ0v) is 9.85. The van der Waals surface area contributed by atoms with Gasteiger partial charge in [0, 0.05) is 23.2 Å². The van der Waals surface area contributed by atoms with Gasteiger partial charge in [-0.05, 0) is 55.7 Å². The van der Waals surface area contributed by atoms with Crippen LogP contribution in [0.5, 0.6) is 0 Å². The maximum atomic E-state index is 6.02. The molecule has 2 fully saturated rings. The smallest absolute Gasteiger partial charge is 0.0494 e. The number of halogens is 1. The van der Waals surface area contributed by atoms with Crippen LogP contribution in [0, 0.1) is 6.92 Å². The molecule has 1 aromatic heterocycles. The number of rotatable bonds is 3. The van der Waals surface area contributed by atoms with Crippen LogP contribution in [0.15, 0.2) is 6.07 Å². The molecule has 2 saturated carbocycles.